The first-order valence-electron chi connectivity index (χ1n) is 23.9. The number of benzene rings is 10. The molecule has 2 nitrogen and oxygen atoms in total. The number of anilines is 3. The van der Waals surface area contributed by atoms with Crippen molar-refractivity contribution in [1.29, 1.82) is 0 Å². The maximum absolute atomic E-state index is 2.49. The van der Waals surface area contributed by atoms with Crippen molar-refractivity contribution in [2.24, 2.45) is 0 Å². The fourth-order valence-corrected chi connectivity index (χ4v) is 11.8. The molecule has 68 heavy (non-hydrogen) atoms. The van der Waals surface area contributed by atoms with Crippen LogP contribution in [0.5, 0.6) is 0 Å². The average molecular weight is 871 g/mol. The molecule has 0 spiro atoms. The van der Waals surface area contributed by atoms with Gasteiger partial charge in [-0.2, -0.15) is 0 Å². The summed E-state index contributed by atoms with van der Waals surface area (Å²) in [6.07, 6.45) is 0. The van der Waals surface area contributed by atoms with Gasteiger partial charge in [0.1, 0.15) is 0 Å². The lowest BCUT2D eigenvalue weighted by Gasteiger charge is -2.30. The molecule has 0 atom stereocenters. The molecule has 0 bridgehead atoms. The molecule has 0 N–H and O–H groups in total. The van der Waals surface area contributed by atoms with Gasteiger partial charge >= 0.3 is 0 Å². The number of rotatable bonds is 7. The van der Waals surface area contributed by atoms with E-state index in [9.17, 15) is 0 Å². The van der Waals surface area contributed by atoms with Crippen LogP contribution in [-0.4, -0.2) is 4.57 Å². The lowest BCUT2D eigenvalue weighted by molar-refractivity contribution is 0.660. The minimum Gasteiger partial charge on any atom is -0.310 e. The van der Waals surface area contributed by atoms with Crippen LogP contribution < -0.4 is 4.90 Å². The Hall–Kier alpha value is -8.20. The number of fused-ring (bicyclic) bond motifs is 9. The SMILES string of the molecule is CC1(C)c2ccccc2-c2ccc(N(c3cccc(-c4cc(-c5ccccc5)cc(-c5cccc6c5c5ccccc5n6-c5ccccc5)c4)c3)c3ccc4c(c3)C(C)(C)c3ccccc3-4)cc21. The van der Waals surface area contributed by atoms with Gasteiger partial charge in [0.15, 0.2) is 0 Å². The van der Waals surface area contributed by atoms with Gasteiger partial charge in [-0.1, -0.05) is 179 Å². The Balaban J connectivity index is 1.01. The van der Waals surface area contributed by atoms with Gasteiger partial charge in [0.05, 0.1) is 11.0 Å². The molecule has 2 aliphatic carbocycles. The highest BCUT2D eigenvalue weighted by Gasteiger charge is 2.38. The number of aromatic nitrogens is 1. The summed E-state index contributed by atoms with van der Waals surface area (Å²) >= 11 is 0. The Kier molecular flexibility index (Phi) is 8.95. The Bertz CT molecular complexity index is 3690. The number of para-hydroxylation sites is 2. The highest BCUT2D eigenvalue weighted by atomic mass is 15.1. The van der Waals surface area contributed by atoms with E-state index in [1.165, 1.54) is 94.1 Å². The quantitative estimate of drug-likeness (QED) is 0.155. The van der Waals surface area contributed by atoms with Crippen LogP contribution in [0.4, 0.5) is 17.1 Å². The summed E-state index contributed by atoms with van der Waals surface area (Å²) < 4.78 is 2.41. The van der Waals surface area contributed by atoms with Crippen LogP contribution in [-0.2, 0) is 10.8 Å². The molecule has 1 aromatic heterocycles. The van der Waals surface area contributed by atoms with Crippen molar-refractivity contribution in [3.05, 3.63) is 253 Å². The highest BCUT2D eigenvalue weighted by Crippen LogP contribution is 2.53. The zero-order valence-corrected chi connectivity index (χ0v) is 38.8. The van der Waals surface area contributed by atoms with Gasteiger partial charge in [0, 0.05) is 44.4 Å². The summed E-state index contributed by atoms with van der Waals surface area (Å²) in [5, 5.41) is 2.50. The van der Waals surface area contributed by atoms with Crippen LogP contribution in [0.1, 0.15) is 49.9 Å². The van der Waals surface area contributed by atoms with E-state index in [0.717, 1.165) is 28.3 Å². The van der Waals surface area contributed by atoms with Crippen LogP contribution in [0.15, 0.2) is 231 Å². The number of nitrogens with zero attached hydrogens (tertiary/aromatic N) is 2. The molecule has 2 heteroatoms. The second kappa shape index (κ2) is 15.2. The van der Waals surface area contributed by atoms with E-state index >= 15 is 0 Å². The molecule has 0 aliphatic heterocycles. The maximum Gasteiger partial charge on any atom is 0.0547 e. The lowest BCUT2D eigenvalue weighted by atomic mass is 9.82. The minimum atomic E-state index is -0.137. The Morgan fingerprint density at radius 1 is 0.309 bits per heavy atom. The molecule has 0 radical (unpaired) electrons. The molecule has 324 valence electrons. The van der Waals surface area contributed by atoms with Crippen LogP contribution in [0.2, 0.25) is 0 Å². The third-order valence-corrected chi connectivity index (χ3v) is 15.2. The van der Waals surface area contributed by atoms with E-state index < -0.39 is 0 Å². The maximum atomic E-state index is 2.49. The van der Waals surface area contributed by atoms with Gasteiger partial charge in [-0.25, -0.2) is 0 Å². The van der Waals surface area contributed by atoms with Crippen molar-refractivity contribution in [2.45, 2.75) is 38.5 Å². The van der Waals surface area contributed by atoms with E-state index in [0.29, 0.717) is 0 Å². The third kappa shape index (κ3) is 6.10. The Morgan fingerprint density at radius 3 is 1.44 bits per heavy atom. The topological polar surface area (TPSA) is 8.17 Å². The number of hydrogen-bond acceptors (Lipinski definition) is 1. The largest absolute Gasteiger partial charge is 0.310 e. The average Bonchev–Trinajstić information content (AvgIpc) is 3.94. The van der Waals surface area contributed by atoms with E-state index in [2.05, 4.69) is 268 Å². The fraction of sp³-hybridized carbons (Fsp3) is 0.0909. The smallest absolute Gasteiger partial charge is 0.0547 e. The Labute approximate surface area is 399 Å². The predicted octanol–water partition coefficient (Wildman–Crippen LogP) is 17.9. The summed E-state index contributed by atoms with van der Waals surface area (Å²) in [4.78, 5) is 2.49. The number of hydrogen-bond donors (Lipinski definition) is 0. The molecular formula is C66H50N2. The summed E-state index contributed by atoms with van der Waals surface area (Å²) in [5.41, 5.74) is 24.6. The third-order valence-electron chi connectivity index (χ3n) is 15.2. The van der Waals surface area contributed by atoms with Crippen molar-refractivity contribution in [3.8, 4) is 61.3 Å². The van der Waals surface area contributed by atoms with Crippen molar-refractivity contribution >= 4 is 38.9 Å². The van der Waals surface area contributed by atoms with Crippen molar-refractivity contribution in [1.82, 2.24) is 4.57 Å². The highest BCUT2D eigenvalue weighted by molar-refractivity contribution is 6.16. The molecule has 0 fully saturated rings. The molecule has 0 unspecified atom stereocenters. The van der Waals surface area contributed by atoms with Crippen molar-refractivity contribution < 1.29 is 0 Å². The molecule has 1 heterocycles. The summed E-state index contributed by atoms with van der Waals surface area (Å²) in [6, 6.07) is 85.7. The van der Waals surface area contributed by atoms with Gasteiger partial charge in [0.2, 0.25) is 0 Å². The lowest BCUT2D eigenvalue weighted by Crippen LogP contribution is -2.18. The normalized spacial score (nSPS) is 13.8. The second-order valence-electron chi connectivity index (χ2n) is 19.7. The molecule has 0 amide bonds. The first kappa shape index (κ1) is 40.1. The van der Waals surface area contributed by atoms with E-state index in [1.54, 1.807) is 0 Å². The molecule has 10 aromatic carbocycles. The summed E-state index contributed by atoms with van der Waals surface area (Å²) in [7, 11) is 0. The van der Waals surface area contributed by atoms with Crippen LogP contribution in [0, 0.1) is 0 Å². The molecule has 13 rings (SSSR count). The second-order valence-corrected chi connectivity index (χ2v) is 19.7. The molecular weight excluding hydrogens is 821 g/mol. The minimum absolute atomic E-state index is 0.137. The zero-order valence-electron chi connectivity index (χ0n) is 38.8. The van der Waals surface area contributed by atoms with E-state index in [4.69, 9.17) is 0 Å². The van der Waals surface area contributed by atoms with Crippen LogP contribution in [0.3, 0.4) is 0 Å². The Morgan fingerprint density at radius 2 is 0.779 bits per heavy atom. The first-order valence-corrected chi connectivity index (χ1v) is 23.9. The monoisotopic (exact) mass is 870 g/mol. The zero-order chi connectivity index (χ0) is 45.7. The molecule has 11 aromatic rings. The van der Waals surface area contributed by atoms with Crippen LogP contribution >= 0.6 is 0 Å². The van der Waals surface area contributed by atoms with E-state index in [-0.39, 0.29) is 10.8 Å². The standard InChI is InChI=1S/C66H50N2/c1-65(2)58-29-14-11-25-53(58)55-35-33-50(41-60(55)65)67(51-34-36-56-54-26-12-15-30-59(54)66(3,4)61(56)42-51)49-24-17-21-44(40-49)46-37-45(43-19-7-5-8-20-43)38-47(39-46)52-28-18-32-63-64(52)57-27-13-16-31-62(57)68(63)48-22-9-6-10-23-48/h5-42H,1-4H3. The first-order chi connectivity index (χ1) is 33.2. The fourth-order valence-electron chi connectivity index (χ4n) is 11.8. The van der Waals surface area contributed by atoms with Gasteiger partial charge in [-0.3, -0.25) is 0 Å². The molecule has 2 aliphatic rings. The van der Waals surface area contributed by atoms with Crippen LogP contribution in [0.25, 0.3) is 83.1 Å². The van der Waals surface area contributed by atoms with Crippen molar-refractivity contribution in [3.63, 3.8) is 0 Å². The van der Waals surface area contributed by atoms with Gasteiger partial charge in [-0.05, 0) is 157 Å². The van der Waals surface area contributed by atoms with Gasteiger partial charge in [-0.15, -0.1) is 0 Å². The van der Waals surface area contributed by atoms with Crippen molar-refractivity contribution in [2.75, 3.05) is 4.90 Å². The predicted molar refractivity (Wildman–Crippen MR) is 287 cm³/mol. The molecule has 0 saturated carbocycles. The van der Waals surface area contributed by atoms with Gasteiger partial charge < -0.3 is 9.47 Å². The molecule has 0 saturated heterocycles. The van der Waals surface area contributed by atoms with E-state index in [1.807, 2.05) is 0 Å². The summed E-state index contributed by atoms with van der Waals surface area (Å²) in [5.74, 6) is 0. The van der Waals surface area contributed by atoms with Gasteiger partial charge in [0.25, 0.3) is 0 Å². The summed E-state index contributed by atoms with van der Waals surface area (Å²) in [6.45, 7) is 9.50.